The van der Waals surface area contributed by atoms with Gasteiger partial charge in [0, 0.05) is 110 Å². The van der Waals surface area contributed by atoms with E-state index in [-0.39, 0.29) is 35.9 Å². The molecule has 0 spiro atoms. The lowest BCUT2D eigenvalue weighted by atomic mass is 9.89. The van der Waals surface area contributed by atoms with E-state index in [0.717, 1.165) is 57.6 Å². The lowest BCUT2D eigenvalue weighted by Crippen LogP contribution is -2.43. The minimum absolute atomic E-state index is 0.0260. The molecule has 4 heterocycles. The monoisotopic (exact) mass is 1010 g/mol. The highest BCUT2D eigenvalue weighted by Gasteiger charge is 2.33. The summed E-state index contributed by atoms with van der Waals surface area (Å²) in [5, 5.41) is 21.8. The Balaban J connectivity index is 1.16. The van der Waals surface area contributed by atoms with Crippen LogP contribution in [0.2, 0.25) is 0 Å². The van der Waals surface area contributed by atoms with Crippen LogP contribution in [0.15, 0.2) is 97.1 Å². The number of rotatable bonds is 13. The molecule has 0 aliphatic carbocycles. The number of anilines is 3. The highest BCUT2D eigenvalue weighted by molar-refractivity contribution is 14.1. The summed E-state index contributed by atoms with van der Waals surface area (Å²) in [5.74, 6) is 5.60. The second-order valence-corrected chi connectivity index (χ2v) is 19.0. The van der Waals surface area contributed by atoms with Crippen LogP contribution in [0.1, 0.15) is 72.5 Å². The maximum absolute atomic E-state index is 15.2. The van der Waals surface area contributed by atoms with E-state index in [1.54, 1.807) is 39.7 Å². The lowest BCUT2D eigenvalue weighted by molar-refractivity contribution is -0.131. The van der Waals surface area contributed by atoms with Gasteiger partial charge in [0.05, 0.1) is 17.7 Å². The summed E-state index contributed by atoms with van der Waals surface area (Å²) in [6.07, 6.45) is 1.59. The zero-order valence-corrected chi connectivity index (χ0v) is 41.2. The Morgan fingerprint density at radius 2 is 1.57 bits per heavy atom. The van der Waals surface area contributed by atoms with Crippen molar-refractivity contribution in [2.24, 2.45) is 19.9 Å². The van der Waals surface area contributed by atoms with Crippen molar-refractivity contribution < 1.29 is 19.5 Å². The maximum Gasteiger partial charge on any atom is 0.264 e. The number of carbonyl (C=O) groups is 3. The van der Waals surface area contributed by atoms with E-state index >= 15 is 9.59 Å². The van der Waals surface area contributed by atoms with E-state index < -0.39 is 0 Å². The number of alkyl halides is 1. The fraction of sp³-hybridized carbons (Fsp3) is 0.321. The van der Waals surface area contributed by atoms with E-state index in [0.29, 0.717) is 77.7 Å². The number of aromatic hydroxyl groups is 1. The standard InChI is InChI=1S/C53H58IN9O4/c1-34-24-38-11-7-8-12-40(38)33-62(34)52(66)48-28-41-32-61(51(65)26-37-10-9-13-43(25-37)60(21-19-54)23-22-57(4)56)20-18-39(41)27-47(48)50-30-46(35(2)59(50)6)53(67)63(42-14-16-45(64)17-15-42)49-29-44(31-55)58(5)36(49)3/h7-17,25,27-30,34,64H,18-24,26,32-33,56H2,1-6H3/t34-/m1/s1. The summed E-state index contributed by atoms with van der Waals surface area (Å²) in [6.45, 7) is 9.57. The number of hydrogen-bond acceptors (Lipinski definition) is 8. The zero-order valence-electron chi connectivity index (χ0n) is 39.1. The predicted molar refractivity (Wildman–Crippen MR) is 272 cm³/mol. The molecule has 6 aromatic rings. The van der Waals surface area contributed by atoms with Crippen molar-refractivity contribution in [1.82, 2.24) is 23.9 Å². The molecular formula is C53H58IN9O4. The van der Waals surface area contributed by atoms with Crippen LogP contribution in [-0.2, 0) is 51.2 Å². The van der Waals surface area contributed by atoms with Crippen molar-refractivity contribution in [3.8, 4) is 23.1 Å². The molecule has 13 nitrogen and oxygen atoms in total. The molecule has 3 amide bonds. The number of benzene rings is 4. The maximum atomic E-state index is 15.2. The second kappa shape index (κ2) is 19.8. The summed E-state index contributed by atoms with van der Waals surface area (Å²) >= 11 is 2.38. The molecule has 67 heavy (non-hydrogen) atoms. The Bertz CT molecular complexity index is 2890. The van der Waals surface area contributed by atoms with Crippen molar-refractivity contribution in [2.45, 2.75) is 59.2 Å². The number of likely N-dealkylation sites (N-methyl/N-ethyl adjacent to an activating group) is 1. The molecule has 3 N–H and O–H groups in total. The molecule has 1 atom stereocenters. The number of fused-ring (bicyclic) bond motifs is 2. The van der Waals surface area contributed by atoms with Crippen LogP contribution in [0, 0.1) is 25.2 Å². The van der Waals surface area contributed by atoms with Crippen LogP contribution in [-0.4, -0.2) is 90.5 Å². The molecule has 0 unspecified atom stereocenters. The molecule has 2 aromatic heterocycles. The number of hydrazine groups is 1. The Morgan fingerprint density at radius 1 is 0.821 bits per heavy atom. The lowest BCUT2D eigenvalue weighted by Gasteiger charge is -2.36. The summed E-state index contributed by atoms with van der Waals surface area (Å²) in [6, 6.07) is 32.7. The minimum Gasteiger partial charge on any atom is -0.508 e. The molecule has 0 saturated heterocycles. The summed E-state index contributed by atoms with van der Waals surface area (Å²) in [7, 11) is 5.56. The Morgan fingerprint density at radius 3 is 2.27 bits per heavy atom. The van der Waals surface area contributed by atoms with Crippen molar-refractivity contribution in [3.05, 3.63) is 153 Å². The quantitative estimate of drug-likeness (QED) is 0.0513. The van der Waals surface area contributed by atoms with Crippen molar-refractivity contribution >= 4 is 57.4 Å². The molecule has 2 aliphatic rings. The van der Waals surface area contributed by atoms with E-state index in [1.165, 1.54) is 17.7 Å². The second-order valence-electron chi connectivity index (χ2n) is 17.9. The first-order valence-electron chi connectivity index (χ1n) is 22.7. The molecule has 0 radical (unpaired) electrons. The fourth-order valence-electron chi connectivity index (χ4n) is 9.50. The van der Waals surface area contributed by atoms with E-state index in [4.69, 9.17) is 5.84 Å². The summed E-state index contributed by atoms with van der Waals surface area (Å²) < 4.78 is 4.68. The van der Waals surface area contributed by atoms with Gasteiger partial charge in [0.1, 0.15) is 17.5 Å². The van der Waals surface area contributed by atoms with Crippen LogP contribution in [0.3, 0.4) is 0 Å². The van der Waals surface area contributed by atoms with Crippen molar-refractivity contribution in [3.63, 3.8) is 0 Å². The SMILES string of the molecule is Cc1c(N(C(=O)c2cc(-c3cc4c(cc3C(=O)N3Cc5ccccc5C[C@H]3C)CN(C(=O)Cc3cccc(N(CCI)CCN(C)N)c3)CC4)n(C)c2C)c2ccc(O)cc2)cc(C#N)n1C. The van der Waals surface area contributed by atoms with Crippen LogP contribution < -0.4 is 15.6 Å². The largest absolute Gasteiger partial charge is 0.508 e. The third-order valence-electron chi connectivity index (χ3n) is 13.6. The molecule has 0 fully saturated rings. The number of hydrogen-bond donors (Lipinski definition) is 2. The van der Waals surface area contributed by atoms with Gasteiger partial charge in [0.2, 0.25) is 5.91 Å². The average Bonchev–Trinajstić information content (AvgIpc) is 3.78. The van der Waals surface area contributed by atoms with Crippen molar-refractivity contribution in [2.75, 3.05) is 47.5 Å². The predicted octanol–water partition coefficient (Wildman–Crippen LogP) is 7.96. The van der Waals surface area contributed by atoms with Gasteiger partial charge in [-0.2, -0.15) is 5.26 Å². The van der Waals surface area contributed by atoms with Gasteiger partial charge in [-0.15, -0.1) is 0 Å². The number of phenolic OH excluding ortho intramolecular Hbond substituents is 1. The van der Waals surface area contributed by atoms with Gasteiger partial charge in [-0.3, -0.25) is 25.1 Å². The normalized spacial score (nSPS) is 14.4. The average molecular weight is 1010 g/mol. The van der Waals surface area contributed by atoms with Crippen LogP contribution in [0.4, 0.5) is 17.1 Å². The third kappa shape index (κ3) is 9.59. The number of carbonyl (C=O) groups excluding carboxylic acids is 3. The molecule has 346 valence electrons. The summed E-state index contributed by atoms with van der Waals surface area (Å²) in [5.41, 5.74) is 11.6. The number of phenols is 1. The van der Waals surface area contributed by atoms with Crippen LogP contribution in [0.5, 0.6) is 5.75 Å². The van der Waals surface area contributed by atoms with Crippen LogP contribution in [0.25, 0.3) is 11.3 Å². The zero-order chi connectivity index (χ0) is 47.7. The number of nitrogens with zero attached hydrogens (tertiary/aromatic N) is 8. The molecule has 0 bridgehead atoms. The van der Waals surface area contributed by atoms with Crippen LogP contribution >= 0.6 is 22.6 Å². The third-order valence-corrected chi connectivity index (χ3v) is 14.1. The fourth-order valence-corrected chi connectivity index (χ4v) is 10.1. The molecule has 14 heteroatoms. The van der Waals surface area contributed by atoms with Gasteiger partial charge in [-0.1, -0.05) is 59.0 Å². The molecule has 2 aliphatic heterocycles. The minimum atomic E-state index is -0.323. The number of amides is 3. The highest BCUT2D eigenvalue weighted by Crippen LogP contribution is 2.38. The van der Waals surface area contributed by atoms with Gasteiger partial charge in [-0.05, 0) is 122 Å². The van der Waals surface area contributed by atoms with Gasteiger partial charge >= 0.3 is 0 Å². The van der Waals surface area contributed by atoms with Gasteiger partial charge in [0.15, 0.2) is 0 Å². The smallest absolute Gasteiger partial charge is 0.264 e. The topological polar surface area (TPSA) is 147 Å². The van der Waals surface area contributed by atoms with E-state index in [2.05, 4.69) is 70.8 Å². The van der Waals surface area contributed by atoms with Gasteiger partial charge in [0.25, 0.3) is 11.8 Å². The molecule has 8 rings (SSSR count). The first-order chi connectivity index (χ1) is 32.2. The molecule has 4 aromatic carbocycles. The first kappa shape index (κ1) is 47.1. The first-order valence-corrected chi connectivity index (χ1v) is 24.2. The summed E-state index contributed by atoms with van der Waals surface area (Å²) in [4.78, 5) is 52.1. The molecular weight excluding hydrogens is 954 g/mol. The number of nitrogens with two attached hydrogens (primary N) is 1. The molecule has 0 saturated carbocycles. The Labute approximate surface area is 406 Å². The van der Waals surface area contributed by atoms with E-state index in [1.807, 2.05) is 78.7 Å². The van der Waals surface area contributed by atoms with E-state index in [9.17, 15) is 15.2 Å². The number of aromatic nitrogens is 2. The number of nitriles is 1. The van der Waals surface area contributed by atoms with Gasteiger partial charge in [-0.25, -0.2) is 5.01 Å². The Hall–Kier alpha value is -6.41. The van der Waals surface area contributed by atoms with Gasteiger partial charge < -0.3 is 28.9 Å². The highest BCUT2D eigenvalue weighted by atomic mass is 127. The van der Waals surface area contributed by atoms with Crippen molar-refractivity contribution in [1.29, 1.82) is 5.26 Å². The Kier molecular flexibility index (Phi) is 13.9. The number of halogens is 1.